The van der Waals surface area contributed by atoms with Crippen LogP contribution in [-0.2, 0) is 11.4 Å². The number of aliphatic hydroxyl groups is 1. The fourth-order valence-corrected chi connectivity index (χ4v) is 1.30. The first-order valence-corrected chi connectivity index (χ1v) is 4.52. The van der Waals surface area contributed by atoms with E-state index in [2.05, 4.69) is 0 Å². The Hall–Kier alpha value is -1.22. The summed E-state index contributed by atoms with van der Waals surface area (Å²) in [6.45, 7) is 1.58. The van der Waals surface area contributed by atoms with Gasteiger partial charge in [0.25, 0.3) is 0 Å². The lowest BCUT2D eigenvalue weighted by Gasteiger charge is -2.09. The number of hydrogen-bond acceptors (Lipinski definition) is 2. The molecule has 0 spiro atoms. The van der Waals surface area contributed by atoms with Crippen molar-refractivity contribution in [1.29, 1.82) is 0 Å². The van der Waals surface area contributed by atoms with Gasteiger partial charge in [-0.05, 0) is 17.5 Å². The average Bonchev–Trinajstić information content (AvgIpc) is 2.19. The first-order chi connectivity index (χ1) is 6.69. The summed E-state index contributed by atoms with van der Waals surface area (Å²) in [5.74, 6) is -0.340. The number of halogens is 1. The predicted molar refractivity (Wildman–Crippen MR) is 51.4 cm³/mol. The van der Waals surface area contributed by atoms with Gasteiger partial charge in [0.1, 0.15) is 12.1 Å². The molecular weight excluding hydrogens is 183 g/mol. The van der Waals surface area contributed by atoms with Gasteiger partial charge in [-0.15, -0.1) is 0 Å². The van der Waals surface area contributed by atoms with Gasteiger partial charge in [-0.2, -0.15) is 0 Å². The minimum atomic E-state index is -0.408. The van der Waals surface area contributed by atoms with Gasteiger partial charge in [-0.1, -0.05) is 19.1 Å². The van der Waals surface area contributed by atoms with Crippen molar-refractivity contribution in [2.75, 3.05) is 0 Å². The molecule has 0 aliphatic carbocycles. The van der Waals surface area contributed by atoms with E-state index >= 15 is 0 Å². The Morgan fingerprint density at radius 1 is 1.57 bits per heavy atom. The van der Waals surface area contributed by atoms with Gasteiger partial charge in [-0.25, -0.2) is 4.39 Å². The topological polar surface area (TPSA) is 37.3 Å². The molecule has 0 amide bonds. The number of hydrogen-bond donors (Lipinski definition) is 1. The number of carbonyl (C=O) groups excluding carboxylic acids is 1. The fourth-order valence-electron chi connectivity index (χ4n) is 1.30. The van der Waals surface area contributed by atoms with Crippen LogP contribution in [0.2, 0.25) is 0 Å². The second-order valence-corrected chi connectivity index (χ2v) is 3.31. The maximum absolute atomic E-state index is 13.0. The summed E-state index contributed by atoms with van der Waals surface area (Å²) in [6, 6.07) is 4.56. The zero-order chi connectivity index (χ0) is 10.6. The van der Waals surface area contributed by atoms with Crippen LogP contribution in [0.3, 0.4) is 0 Å². The standard InChI is InChI=1S/C11H13FO2/c1-8(4-5-13)9-2-3-11(12)10(6-9)7-14/h2-3,5-6,8,14H,4,7H2,1H3. The van der Waals surface area contributed by atoms with Gasteiger partial charge in [0.15, 0.2) is 0 Å². The highest BCUT2D eigenvalue weighted by atomic mass is 19.1. The van der Waals surface area contributed by atoms with Crippen LogP contribution in [0.4, 0.5) is 4.39 Å². The van der Waals surface area contributed by atoms with Crippen molar-refractivity contribution in [2.45, 2.75) is 25.9 Å². The monoisotopic (exact) mass is 196 g/mol. The minimum absolute atomic E-state index is 0.0680. The van der Waals surface area contributed by atoms with Crippen LogP contribution < -0.4 is 0 Å². The molecule has 0 aromatic heterocycles. The zero-order valence-electron chi connectivity index (χ0n) is 8.03. The molecule has 0 saturated carbocycles. The molecule has 1 aromatic carbocycles. The van der Waals surface area contributed by atoms with Crippen LogP contribution in [0.5, 0.6) is 0 Å². The molecule has 0 saturated heterocycles. The lowest BCUT2D eigenvalue weighted by atomic mass is 9.97. The summed E-state index contributed by atoms with van der Waals surface area (Å²) >= 11 is 0. The predicted octanol–water partition coefficient (Wildman–Crippen LogP) is 2.01. The Morgan fingerprint density at radius 3 is 2.86 bits per heavy atom. The molecule has 2 nitrogen and oxygen atoms in total. The van der Waals surface area contributed by atoms with E-state index in [1.807, 2.05) is 6.92 Å². The van der Waals surface area contributed by atoms with Gasteiger partial charge in [0, 0.05) is 12.0 Å². The van der Waals surface area contributed by atoms with Gasteiger partial charge >= 0.3 is 0 Å². The SMILES string of the molecule is CC(CC=O)c1ccc(F)c(CO)c1. The van der Waals surface area contributed by atoms with E-state index in [9.17, 15) is 9.18 Å². The lowest BCUT2D eigenvalue weighted by Crippen LogP contribution is -1.98. The van der Waals surface area contributed by atoms with Crippen LogP contribution in [0.1, 0.15) is 30.4 Å². The molecule has 1 aromatic rings. The van der Waals surface area contributed by atoms with Crippen LogP contribution in [0, 0.1) is 5.82 Å². The Kier molecular flexibility index (Phi) is 3.77. The van der Waals surface area contributed by atoms with E-state index in [4.69, 9.17) is 5.11 Å². The van der Waals surface area contributed by atoms with Gasteiger partial charge < -0.3 is 9.90 Å². The fraction of sp³-hybridized carbons (Fsp3) is 0.364. The largest absolute Gasteiger partial charge is 0.392 e. The maximum Gasteiger partial charge on any atom is 0.128 e. The number of rotatable bonds is 4. The third-order valence-corrected chi connectivity index (χ3v) is 2.26. The lowest BCUT2D eigenvalue weighted by molar-refractivity contribution is -0.108. The third kappa shape index (κ3) is 2.39. The Bertz CT molecular complexity index is 323. The van der Waals surface area contributed by atoms with Crippen LogP contribution in [0.15, 0.2) is 18.2 Å². The first kappa shape index (κ1) is 10.9. The highest BCUT2D eigenvalue weighted by Gasteiger charge is 2.08. The molecule has 14 heavy (non-hydrogen) atoms. The molecule has 0 radical (unpaired) electrons. The van der Waals surface area contributed by atoms with Crippen LogP contribution in [-0.4, -0.2) is 11.4 Å². The number of benzene rings is 1. The summed E-state index contributed by atoms with van der Waals surface area (Å²) in [4.78, 5) is 10.3. The van der Waals surface area contributed by atoms with E-state index in [1.54, 1.807) is 12.1 Å². The highest BCUT2D eigenvalue weighted by molar-refractivity contribution is 5.51. The number of aldehydes is 1. The molecule has 1 atom stereocenters. The van der Waals surface area contributed by atoms with Crippen molar-refractivity contribution >= 4 is 6.29 Å². The Balaban J connectivity index is 2.93. The van der Waals surface area contributed by atoms with Crippen molar-refractivity contribution in [3.05, 3.63) is 35.1 Å². The molecule has 0 aliphatic rings. The molecular formula is C11H13FO2. The quantitative estimate of drug-likeness (QED) is 0.748. The molecule has 0 heterocycles. The smallest absolute Gasteiger partial charge is 0.128 e. The molecule has 0 bridgehead atoms. The van der Waals surface area contributed by atoms with Crippen molar-refractivity contribution in [2.24, 2.45) is 0 Å². The van der Waals surface area contributed by atoms with Gasteiger partial charge in [0.2, 0.25) is 0 Å². The summed E-state index contributed by atoms with van der Waals surface area (Å²) in [7, 11) is 0. The van der Waals surface area contributed by atoms with E-state index in [0.29, 0.717) is 6.42 Å². The molecule has 0 fully saturated rings. The minimum Gasteiger partial charge on any atom is -0.392 e. The summed E-state index contributed by atoms with van der Waals surface area (Å²) in [5.41, 5.74) is 1.16. The second-order valence-electron chi connectivity index (χ2n) is 3.31. The van der Waals surface area contributed by atoms with Crippen LogP contribution in [0.25, 0.3) is 0 Å². The van der Waals surface area contributed by atoms with E-state index in [1.165, 1.54) is 6.07 Å². The van der Waals surface area contributed by atoms with Gasteiger partial charge in [-0.3, -0.25) is 0 Å². The van der Waals surface area contributed by atoms with Crippen LogP contribution >= 0.6 is 0 Å². The first-order valence-electron chi connectivity index (χ1n) is 4.52. The number of carbonyl (C=O) groups is 1. The second kappa shape index (κ2) is 4.86. The summed E-state index contributed by atoms with van der Waals surface area (Å²) in [5, 5.41) is 8.85. The van der Waals surface area contributed by atoms with Crippen molar-refractivity contribution < 1.29 is 14.3 Å². The van der Waals surface area contributed by atoms with Gasteiger partial charge in [0.05, 0.1) is 6.61 Å². The molecule has 1 unspecified atom stereocenters. The van der Waals surface area contributed by atoms with Crippen molar-refractivity contribution in [1.82, 2.24) is 0 Å². The third-order valence-electron chi connectivity index (χ3n) is 2.26. The average molecular weight is 196 g/mol. The number of aliphatic hydroxyl groups excluding tert-OH is 1. The zero-order valence-corrected chi connectivity index (χ0v) is 8.03. The molecule has 0 aliphatic heterocycles. The normalized spacial score (nSPS) is 12.5. The molecule has 1 rings (SSSR count). The Labute approximate surface area is 82.4 Å². The highest BCUT2D eigenvalue weighted by Crippen LogP contribution is 2.20. The van der Waals surface area contributed by atoms with E-state index < -0.39 is 5.82 Å². The van der Waals surface area contributed by atoms with Crippen molar-refractivity contribution in [3.8, 4) is 0 Å². The molecule has 76 valence electrons. The van der Waals surface area contributed by atoms with Crippen molar-refractivity contribution in [3.63, 3.8) is 0 Å². The van der Waals surface area contributed by atoms with E-state index in [-0.39, 0.29) is 18.1 Å². The summed E-state index contributed by atoms with van der Waals surface area (Å²) in [6.07, 6.45) is 1.25. The molecule has 3 heteroatoms. The Morgan fingerprint density at radius 2 is 2.29 bits per heavy atom. The van der Waals surface area contributed by atoms with E-state index in [0.717, 1.165) is 11.8 Å². The summed E-state index contributed by atoms with van der Waals surface area (Å²) < 4.78 is 13.0. The molecule has 1 N–H and O–H groups in total. The maximum atomic E-state index is 13.0.